The fraction of sp³-hybridized carbons (Fsp3) is 0.120. The number of imidazole rings is 1. The van der Waals surface area contributed by atoms with Crippen LogP contribution in [0.25, 0.3) is 16.9 Å². The number of halogens is 2. The molecule has 0 aliphatic rings. The molecule has 0 spiro atoms. The summed E-state index contributed by atoms with van der Waals surface area (Å²) in [4.78, 5) is 28.6. The van der Waals surface area contributed by atoms with Crippen molar-refractivity contribution in [3.05, 3.63) is 101 Å². The highest BCUT2D eigenvalue weighted by molar-refractivity contribution is 5.75. The fourth-order valence-electron chi connectivity index (χ4n) is 3.82. The molecule has 0 radical (unpaired) electrons. The van der Waals surface area contributed by atoms with Gasteiger partial charge in [0.1, 0.15) is 28.7 Å². The lowest BCUT2D eigenvalue weighted by Crippen LogP contribution is -2.24. The Bertz CT molecular complexity index is 1560. The molecule has 3 aromatic heterocycles. The predicted molar refractivity (Wildman–Crippen MR) is 127 cm³/mol. The third-order valence-electron chi connectivity index (χ3n) is 5.64. The van der Waals surface area contributed by atoms with E-state index in [9.17, 15) is 13.6 Å². The van der Waals surface area contributed by atoms with E-state index in [-0.39, 0.29) is 17.8 Å². The Morgan fingerprint density at radius 2 is 1.77 bits per heavy atom. The quantitative estimate of drug-likeness (QED) is 0.369. The first-order valence-electron chi connectivity index (χ1n) is 10.7. The highest BCUT2D eigenvalue weighted by atomic mass is 19.1. The second kappa shape index (κ2) is 8.98. The van der Waals surface area contributed by atoms with E-state index in [2.05, 4.69) is 15.0 Å². The van der Waals surface area contributed by atoms with Crippen LogP contribution in [-0.2, 0) is 6.54 Å². The van der Waals surface area contributed by atoms with Gasteiger partial charge in [0.2, 0.25) is 5.95 Å². The molecule has 0 saturated carbocycles. The third kappa shape index (κ3) is 3.99. The van der Waals surface area contributed by atoms with Crippen LogP contribution < -0.4 is 15.3 Å². The predicted octanol–water partition coefficient (Wildman–Crippen LogP) is 4.08. The van der Waals surface area contributed by atoms with E-state index >= 15 is 0 Å². The average Bonchev–Trinajstić information content (AvgIpc) is 3.16. The van der Waals surface area contributed by atoms with Crippen molar-refractivity contribution in [3.63, 3.8) is 0 Å². The van der Waals surface area contributed by atoms with E-state index in [1.54, 1.807) is 54.5 Å². The number of fused-ring (bicyclic) bond motifs is 1. The van der Waals surface area contributed by atoms with E-state index in [0.717, 1.165) is 12.1 Å². The van der Waals surface area contributed by atoms with Crippen molar-refractivity contribution < 1.29 is 13.5 Å². The summed E-state index contributed by atoms with van der Waals surface area (Å²) < 4.78 is 36.8. The number of benzene rings is 2. The number of methoxy groups -OCH3 is 1. The number of ether oxygens (including phenoxy) is 1. The Labute approximate surface area is 198 Å². The molecule has 0 aliphatic carbocycles. The molecule has 10 heteroatoms. The standard InChI is InChI=1S/C25H20F2N6O2/c1-31(22-11-3-4-12-28-22)24-29-14-21-23(30-24)33(16-7-5-8-17(13-16)35-2)25(34)32(21)15-18-19(26)9-6-10-20(18)27/h3-14H,15H2,1-2H3. The van der Waals surface area contributed by atoms with Gasteiger partial charge in [-0.1, -0.05) is 18.2 Å². The van der Waals surface area contributed by atoms with Crippen molar-refractivity contribution >= 4 is 22.9 Å². The second-order valence-corrected chi connectivity index (χ2v) is 7.73. The van der Waals surface area contributed by atoms with E-state index in [1.807, 2.05) is 6.07 Å². The van der Waals surface area contributed by atoms with Gasteiger partial charge < -0.3 is 4.74 Å². The molecule has 0 atom stereocenters. The molecule has 0 N–H and O–H groups in total. The van der Waals surface area contributed by atoms with Gasteiger partial charge in [-0.3, -0.25) is 9.47 Å². The molecule has 3 heterocycles. The maximum absolute atomic E-state index is 14.4. The van der Waals surface area contributed by atoms with Gasteiger partial charge >= 0.3 is 5.69 Å². The van der Waals surface area contributed by atoms with E-state index < -0.39 is 17.3 Å². The van der Waals surface area contributed by atoms with Crippen LogP contribution >= 0.6 is 0 Å². The summed E-state index contributed by atoms with van der Waals surface area (Å²) in [5.74, 6) is -0.0504. The number of hydrogen-bond donors (Lipinski definition) is 0. The van der Waals surface area contributed by atoms with Gasteiger partial charge in [-0.15, -0.1) is 0 Å². The summed E-state index contributed by atoms with van der Waals surface area (Å²) in [5.41, 5.74) is 0.320. The van der Waals surface area contributed by atoms with Crippen molar-refractivity contribution in [1.82, 2.24) is 24.1 Å². The SMILES string of the molecule is COc1cccc(-n2c(=O)n(Cc3c(F)cccc3F)c3cnc(N(C)c4ccccn4)nc32)c1. The minimum absolute atomic E-state index is 0.228. The second-order valence-electron chi connectivity index (χ2n) is 7.73. The lowest BCUT2D eigenvalue weighted by atomic mass is 10.2. The van der Waals surface area contributed by atoms with Crippen LogP contribution in [0.2, 0.25) is 0 Å². The molecule has 2 aromatic carbocycles. The summed E-state index contributed by atoms with van der Waals surface area (Å²) in [6.07, 6.45) is 3.11. The minimum atomic E-state index is -0.744. The van der Waals surface area contributed by atoms with Gasteiger partial charge in [0.15, 0.2) is 5.65 Å². The van der Waals surface area contributed by atoms with Gasteiger partial charge in [0.25, 0.3) is 0 Å². The summed E-state index contributed by atoms with van der Waals surface area (Å²) in [6.45, 7) is -0.330. The molecule has 0 unspecified atom stereocenters. The molecule has 0 fully saturated rings. The topological polar surface area (TPSA) is 78.1 Å². The van der Waals surface area contributed by atoms with Crippen LogP contribution in [0.4, 0.5) is 20.5 Å². The maximum Gasteiger partial charge on any atom is 0.335 e. The van der Waals surface area contributed by atoms with Gasteiger partial charge in [0.05, 0.1) is 25.5 Å². The zero-order valence-corrected chi connectivity index (χ0v) is 18.9. The first kappa shape index (κ1) is 22.2. The van der Waals surface area contributed by atoms with Crippen LogP contribution in [0.5, 0.6) is 5.75 Å². The van der Waals surface area contributed by atoms with E-state index in [4.69, 9.17) is 4.74 Å². The minimum Gasteiger partial charge on any atom is -0.497 e. The Morgan fingerprint density at radius 1 is 1.00 bits per heavy atom. The summed E-state index contributed by atoms with van der Waals surface area (Å²) in [5, 5.41) is 0. The largest absolute Gasteiger partial charge is 0.497 e. The molecule has 0 bridgehead atoms. The fourth-order valence-corrected chi connectivity index (χ4v) is 3.82. The van der Waals surface area contributed by atoms with Crippen molar-refractivity contribution in [2.75, 3.05) is 19.1 Å². The number of nitrogens with zero attached hydrogens (tertiary/aromatic N) is 6. The molecule has 0 saturated heterocycles. The monoisotopic (exact) mass is 474 g/mol. The number of rotatable bonds is 6. The summed E-state index contributed by atoms with van der Waals surface area (Å²) >= 11 is 0. The smallest absolute Gasteiger partial charge is 0.335 e. The maximum atomic E-state index is 14.4. The third-order valence-corrected chi connectivity index (χ3v) is 5.64. The molecule has 176 valence electrons. The van der Waals surface area contributed by atoms with Crippen LogP contribution in [0.3, 0.4) is 0 Å². The lowest BCUT2D eigenvalue weighted by Gasteiger charge is -2.15. The molecular weight excluding hydrogens is 454 g/mol. The zero-order valence-electron chi connectivity index (χ0n) is 18.9. The molecule has 0 aliphatic heterocycles. The number of anilines is 2. The summed E-state index contributed by atoms with van der Waals surface area (Å²) in [6, 6.07) is 15.9. The molecule has 5 aromatic rings. The summed E-state index contributed by atoms with van der Waals surface area (Å²) in [7, 11) is 3.28. The molecular formula is C25H20F2N6O2. The first-order valence-corrected chi connectivity index (χ1v) is 10.7. The average molecular weight is 474 g/mol. The normalized spacial score (nSPS) is 11.1. The van der Waals surface area contributed by atoms with Crippen molar-refractivity contribution in [2.24, 2.45) is 0 Å². The van der Waals surface area contributed by atoms with Gasteiger partial charge in [0, 0.05) is 24.9 Å². The van der Waals surface area contributed by atoms with E-state index in [0.29, 0.717) is 28.7 Å². The Morgan fingerprint density at radius 3 is 2.49 bits per heavy atom. The van der Waals surface area contributed by atoms with Crippen molar-refractivity contribution in [3.8, 4) is 11.4 Å². The van der Waals surface area contributed by atoms with Crippen molar-refractivity contribution in [1.29, 1.82) is 0 Å². The van der Waals surface area contributed by atoms with Crippen LogP contribution in [0.1, 0.15) is 5.56 Å². The Balaban J connectivity index is 1.73. The Kier molecular flexibility index (Phi) is 5.69. The highest BCUT2D eigenvalue weighted by Crippen LogP contribution is 2.24. The number of hydrogen-bond acceptors (Lipinski definition) is 6. The van der Waals surface area contributed by atoms with Crippen LogP contribution in [0, 0.1) is 11.6 Å². The van der Waals surface area contributed by atoms with E-state index in [1.165, 1.54) is 28.5 Å². The number of pyridine rings is 1. The van der Waals surface area contributed by atoms with Crippen LogP contribution in [0.15, 0.2) is 77.9 Å². The molecule has 35 heavy (non-hydrogen) atoms. The number of aromatic nitrogens is 5. The highest BCUT2D eigenvalue weighted by Gasteiger charge is 2.21. The molecule has 8 nitrogen and oxygen atoms in total. The van der Waals surface area contributed by atoms with Crippen LogP contribution in [-0.4, -0.2) is 38.2 Å². The van der Waals surface area contributed by atoms with Gasteiger partial charge in [-0.2, -0.15) is 4.98 Å². The zero-order chi connectivity index (χ0) is 24.5. The van der Waals surface area contributed by atoms with Crippen molar-refractivity contribution in [2.45, 2.75) is 6.54 Å². The molecule has 5 rings (SSSR count). The Hall–Kier alpha value is -4.60. The lowest BCUT2D eigenvalue weighted by molar-refractivity contribution is 0.414. The molecule has 0 amide bonds. The van der Waals surface area contributed by atoms with Gasteiger partial charge in [-0.25, -0.2) is 28.1 Å². The first-order chi connectivity index (χ1) is 17.0. The van der Waals surface area contributed by atoms with Gasteiger partial charge in [-0.05, 0) is 36.4 Å².